The van der Waals surface area contributed by atoms with Crippen molar-refractivity contribution in [1.82, 2.24) is 0 Å². The van der Waals surface area contributed by atoms with Crippen molar-refractivity contribution in [2.75, 3.05) is 0 Å². The molecule has 0 radical (unpaired) electrons. The lowest BCUT2D eigenvalue weighted by molar-refractivity contribution is 1.59. The van der Waals surface area contributed by atoms with E-state index in [0.29, 0.717) is 0 Å². The van der Waals surface area contributed by atoms with Gasteiger partial charge in [0.05, 0.1) is 0 Å². The fourth-order valence-electron chi connectivity index (χ4n) is 10.3. The first-order chi connectivity index (χ1) is 32.8. The van der Waals surface area contributed by atoms with Gasteiger partial charge in [-0.15, -0.1) is 0 Å². The Balaban J connectivity index is 0.00000494. The summed E-state index contributed by atoms with van der Waals surface area (Å²) < 4.78 is 0. The van der Waals surface area contributed by atoms with Crippen LogP contribution in [0.2, 0.25) is 0 Å². The molecule has 0 saturated heterocycles. The molecule has 0 spiro atoms. The van der Waals surface area contributed by atoms with E-state index in [1.165, 1.54) is 121 Å². The Morgan fingerprint density at radius 3 is 0.687 bits per heavy atom. The van der Waals surface area contributed by atoms with Crippen LogP contribution < -0.4 is 0 Å². The van der Waals surface area contributed by atoms with Crippen LogP contribution in [0, 0.1) is 0 Å². The average molecular weight is 853 g/mol. The van der Waals surface area contributed by atoms with E-state index in [9.17, 15) is 0 Å². The molecule has 0 nitrogen and oxygen atoms in total. The topological polar surface area (TPSA) is 0 Å². The Labute approximate surface area is 393 Å². The van der Waals surface area contributed by atoms with E-state index in [1.54, 1.807) is 0 Å². The molecular formula is C67H48. The van der Waals surface area contributed by atoms with E-state index < -0.39 is 0 Å². The first-order valence-corrected chi connectivity index (χ1v) is 22.8. The third-order valence-corrected chi connectivity index (χ3v) is 13.3. The van der Waals surface area contributed by atoms with E-state index >= 15 is 0 Å². The van der Waals surface area contributed by atoms with E-state index in [1.807, 2.05) is 0 Å². The molecule has 0 saturated carbocycles. The van der Waals surface area contributed by atoms with Crippen molar-refractivity contribution in [2.24, 2.45) is 0 Å². The van der Waals surface area contributed by atoms with Gasteiger partial charge in [-0.3, -0.25) is 0 Å². The minimum Gasteiger partial charge on any atom is -0.0776 e. The van der Waals surface area contributed by atoms with Gasteiger partial charge in [0.25, 0.3) is 0 Å². The Morgan fingerprint density at radius 2 is 0.373 bits per heavy atom. The molecule has 0 unspecified atom stereocenters. The van der Waals surface area contributed by atoms with E-state index in [0.717, 1.165) is 0 Å². The summed E-state index contributed by atoms with van der Waals surface area (Å²) in [5, 5.41) is 7.36. The molecule has 0 N–H and O–H groups in total. The maximum Gasteiger partial charge on any atom is -0.000139 e. The van der Waals surface area contributed by atoms with Gasteiger partial charge in [0.15, 0.2) is 0 Å². The quantitative estimate of drug-likeness (QED) is 0.134. The molecule has 12 rings (SSSR count). The number of hydrogen-bond acceptors (Lipinski definition) is 0. The monoisotopic (exact) mass is 852 g/mol. The van der Waals surface area contributed by atoms with Crippen LogP contribution in [0.15, 0.2) is 267 Å². The number of benzene rings is 12. The average Bonchev–Trinajstić information content (AvgIpc) is 3.41. The Hall–Kier alpha value is -8.58. The molecule has 0 aliphatic rings. The highest BCUT2D eigenvalue weighted by Crippen LogP contribution is 2.55. The molecule has 67 heavy (non-hydrogen) atoms. The summed E-state index contributed by atoms with van der Waals surface area (Å²) in [7, 11) is 0. The standard InChI is InChI=1S/C66H44.CH4/c1-7-21-45(22-8-1)47-35-39-53(40-36-47)61-55-33-19-20-34-56(55)62(54-41-37-48(38-42-54)46-23-9-2-10-24-46)66-64(52-31-17-6-18-32-52)60-44-58(50-27-13-4-14-28-50)57(49-25-11-3-12-26-49)43-59(60)63(65(61)66)51-29-15-5-16-30-51;/h1-44H;1H4. The highest BCUT2D eigenvalue weighted by Gasteiger charge is 2.27. The smallest absolute Gasteiger partial charge is 0.000139 e. The second kappa shape index (κ2) is 17.8. The first-order valence-electron chi connectivity index (χ1n) is 22.8. The van der Waals surface area contributed by atoms with Crippen LogP contribution in [0.4, 0.5) is 0 Å². The Kier molecular flexibility index (Phi) is 10.9. The number of rotatable bonds is 8. The zero-order valence-electron chi connectivity index (χ0n) is 36.4. The van der Waals surface area contributed by atoms with Gasteiger partial charge < -0.3 is 0 Å². The summed E-state index contributed by atoms with van der Waals surface area (Å²) in [6.45, 7) is 0. The van der Waals surface area contributed by atoms with Crippen molar-refractivity contribution in [3.8, 4) is 89.0 Å². The van der Waals surface area contributed by atoms with Gasteiger partial charge in [0.1, 0.15) is 0 Å². The van der Waals surface area contributed by atoms with Crippen LogP contribution >= 0.6 is 0 Å². The van der Waals surface area contributed by atoms with Crippen LogP contribution in [-0.2, 0) is 0 Å². The lowest BCUT2D eigenvalue weighted by Gasteiger charge is -2.26. The zero-order chi connectivity index (χ0) is 43.8. The van der Waals surface area contributed by atoms with Crippen molar-refractivity contribution in [3.63, 3.8) is 0 Å². The third kappa shape index (κ3) is 7.40. The summed E-state index contributed by atoms with van der Waals surface area (Å²) in [4.78, 5) is 0. The number of hydrogen-bond donors (Lipinski definition) is 0. The summed E-state index contributed by atoms with van der Waals surface area (Å²) >= 11 is 0. The van der Waals surface area contributed by atoms with E-state index in [-0.39, 0.29) is 7.43 Å². The van der Waals surface area contributed by atoms with Gasteiger partial charge in [-0.05, 0) is 133 Å². The van der Waals surface area contributed by atoms with Crippen molar-refractivity contribution in [2.45, 2.75) is 7.43 Å². The Bertz CT molecular complexity index is 3410. The zero-order valence-corrected chi connectivity index (χ0v) is 36.4. The maximum absolute atomic E-state index is 2.49. The first kappa shape index (κ1) is 41.1. The third-order valence-electron chi connectivity index (χ3n) is 13.3. The molecule has 0 fully saturated rings. The van der Waals surface area contributed by atoms with Crippen LogP contribution in [0.1, 0.15) is 7.43 Å². The van der Waals surface area contributed by atoms with Crippen molar-refractivity contribution in [3.05, 3.63) is 267 Å². The molecule has 0 amide bonds. The molecule has 0 atom stereocenters. The van der Waals surface area contributed by atoms with Crippen LogP contribution in [0.25, 0.3) is 121 Å². The molecule has 0 aromatic heterocycles. The molecule has 0 heterocycles. The van der Waals surface area contributed by atoms with E-state index in [4.69, 9.17) is 0 Å². The van der Waals surface area contributed by atoms with Gasteiger partial charge in [-0.25, -0.2) is 0 Å². The molecular weight excluding hydrogens is 805 g/mol. The predicted octanol–water partition coefficient (Wildman–Crippen LogP) is 19.1. The fourth-order valence-corrected chi connectivity index (χ4v) is 10.3. The van der Waals surface area contributed by atoms with Gasteiger partial charge in [0, 0.05) is 0 Å². The summed E-state index contributed by atoms with van der Waals surface area (Å²) in [5.74, 6) is 0. The maximum atomic E-state index is 2.49. The molecule has 0 heteroatoms. The van der Waals surface area contributed by atoms with Crippen LogP contribution in [0.3, 0.4) is 0 Å². The minimum atomic E-state index is 0. The van der Waals surface area contributed by atoms with Crippen molar-refractivity contribution >= 4 is 32.3 Å². The van der Waals surface area contributed by atoms with Gasteiger partial charge in [-0.2, -0.15) is 0 Å². The second-order valence-electron chi connectivity index (χ2n) is 17.1. The Morgan fingerprint density at radius 1 is 0.164 bits per heavy atom. The summed E-state index contributed by atoms with van der Waals surface area (Å²) in [5.41, 5.74) is 19.2. The minimum absolute atomic E-state index is 0. The summed E-state index contributed by atoms with van der Waals surface area (Å²) in [6, 6.07) is 98.1. The summed E-state index contributed by atoms with van der Waals surface area (Å²) in [6.07, 6.45) is 0. The lowest BCUT2D eigenvalue weighted by Crippen LogP contribution is -1.99. The highest BCUT2D eigenvalue weighted by molar-refractivity contribution is 6.34. The van der Waals surface area contributed by atoms with Crippen LogP contribution in [0.5, 0.6) is 0 Å². The second-order valence-corrected chi connectivity index (χ2v) is 17.1. The van der Waals surface area contributed by atoms with Gasteiger partial charge in [0.2, 0.25) is 0 Å². The predicted molar refractivity (Wildman–Crippen MR) is 289 cm³/mol. The molecule has 0 aliphatic heterocycles. The van der Waals surface area contributed by atoms with Gasteiger partial charge in [-0.1, -0.05) is 262 Å². The SMILES string of the molecule is C.c1ccc(-c2ccc(-c3c4ccccc4c(-c4ccc(-c5ccccc5)cc4)c4c(-c5ccccc5)c5cc(-c6ccccc6)c(-c6ccccc6)cc5c(-c5ccccc5)c34)cc2)cc1. The normalized spacial score (nSPS) is 11.2. The molecule has 316 valence electrons. The number of fused-ring (bicyclic) bond motifs is 3. The highest BCUT2D eigenvalue weighted by atomic mass is 14.3. The van der Waals surface area contributed by atoms with E-state index in [2.05, 4.69) is 267 Å². The van der Waals surface area contributed by atoms with Crippen LogP contribution in [-0.4, -0.2) is 0 Å². The van der Waals surface area contributed by atoms with Crippen molar-refractivity contribution < 1.29 is 0 Å². The fraction of sp³-hybridized carbons (Fsp3) is 0.0149. The lowest BCUT2D eigenvalue weighted by atomic mass is 9.76. The van der Waals surface area contributed by atoms with Crippen molar-refractivity contribution in [1.29, 1.82) is 0 Å². The molecule has 0 aliphatic carbocycles. The van der Waals surface area contributed by atoms with Gasteiger partial charge >= 0.3 is 0 Å². The molecule has 0 bridgehead atoms. The molecule has 12 aromatic carbocycles. The largest absolute Gasteiger partial charge is 0.0776 e. The molecule has 12 aromatic rings.